The lowest BCUT2D eigenvalue weighted by molar-refractivity contribution is 0.0913. The number of hydrogen-bond donors (Lipinski definition) is 3. The minimum absolute atomic E-state index is 0.154. The van der Waals surface area contributed by atoms with Crippen LogP contribution in [0, 0.1) is 8.99 Å². The fraction of sp³-hybridized carbons (Fsp3) is 0.238. The van der Waals surface area contributed by atoms with Gasteiger partial charge in [0.2, 0.25) is 0 Å². The second-order valence-corrected chi connectivity index (χ2v) is 8.95. The highest BCUT2D eigenvalue weighted by atomic mass is 127. The number of carbonyl (C=O) groups is 1. The van der Waals surface area contributed by atoms with Crippen LogP contribution in [-0.4, -0.2) is 17.1 Å². The van der Waals surface area contributed by atoms with Crippen molar-refractivity contribution in [3.8, 4) is 0 Å². The monoisotopic (exact) mass is 504 g/mol. The van der Waals surface area contributed by atoms with Crippen LogP contribution in [0.1, 0.15) is 31.1 Å². The van der Waals surface area contributed by atoms with Gasteiger partial charge in [0, 0.05) is 20.7 Å². The molecule has 0 saturated heterocycles. The van der Waals surface area contributed by atoms with Gasteiger partial charge in [-0.15, -0.1) is 0 Å². The molecule has 3 aromatic rings. The van der Waals surface area contributed by atoms with Crippen LogP contribution in [0.4, 0.5) is 17.1 Å². The molecule has 0 spiro atoms. The molecule has 3 N–H and O–H groups in total. The Balaban J connectivity index is 1.83. The number of hydrogen-bond acceptors (Lipinski definition) is 6. The number of anilines is 3. The normalized spacial score (nSPS) is 12.4. The van der Waals surface area contributed by atoms with Crippen molar-refractivity contribution in [1.82, 2.24) is 10.3 Å². The van der Waals surface area contributed by atoms with E-state index in [2.05, 4.69) is 43.5 Å². The van der Waals surface area contributed by atoms with Crippen molar-refractivity contribution < 1.29 is 4.79 Å². The predicted molar refractivity (Wildman–Crippen MR) is 122 cm³/mol. The summed E-state index contributed by atoms with van der Waals surface area (Å²) in [5.74, 6) is -0.267. The summed E-state index contributed by atoms with van der Waals surface area (Å²) in [7, 11) is 0. The summed E-state index contributed by atoms with van der Waals surface area (Å²) >= 11 is 2.14. The third-order valence-corrected chi connectivity index (χ3v) is 5.03. The van der Waals surface area contributed by atoms with E-state index in [9.17, 15) is 14.4 Å². The number of nitrogens with zero attached hydrogens (tertiary/aromatic N) is 1. The van der Waals surface area contributed by atoms with Gasteiger partial charge in [-0.25, -0.2) is 0 Å². The van der Waals surface area contributed by atoms with Gasteiger partial charge in [-0.2, -0.15) is 0 Å². The first-order valence-electron chi connectivity index (χ1n) is 9.00. The fourth-order valence-electron chi connectivity index (χ4n) is 2.69. The molecule has 1 unspecified atom stereocenters. The number of carbonyl (C=O) groups excluding carboxylic acids is 1. The molecule has 1 aromatic heterocycles. The lowest BCUT2D eigenvalue weighted by atomic mass is 9.91. The molecule has 150 valence electrons. The zero-order valence-corrected chi connectivity index (χ0v) is 18.4. The average Bonchev–Trinajstić information content (AvgIpc) is 2.69. The number of amides is 1. The summed E-state index contributed by atoms with van der Waals surface area (Å²) in [6.45, 7) is 5.79. The maximum atomic E-state index is 12.7. The maximum Gasteiger partial charge on any atom is 0.253 e. The molecule has 3 rings (SSSR count). The Labute approximate surface area is 181 Å². The van der Waals surface area contributed by atoms with Gasteiger partial charge < -0.3 is 16.0 Å². The van der Waals surface area contributed by atoms with Crippen molar-refractivity contribution in [2.75, 3.05) is 10.6 Å². The lowest BCUT2D eigenvalue weighted by Crippen LogP contribution is -2.51. The van der Waals surface area contributed by atoms with Crippen LogP contribution >= 0.6 is 22.6 Å². The molecule has 0 aliphatic rings. The van der Waals surface area contributed by atoms with Gasteiger partial charge in [0.05, 0.1) is 11.9 Å². The first kappa shape index (κ1) is 21.0. The van der Waals surface area contributed by atoms with Crippen molar-refractivity contribution in [2.24, 2.45) is 5.41 Å². The second-order valence-electron chi connectivity index (χ2n) is 7.70. The zero-order chi connectivity index (χ0) is 21.2. The Morgan fingerprint density at radius 3 is 2.41 bits per heavy atom. The van der Waals surface area contributed by atoms with E-state index >= 15 is 0 Å². The van der Waals surface area contributed by atoms with Crippen molar-refractivity contribution in [1.29, 1.82) is 0 Å². The number of nitrogens with one attached hydrogen (secondary N) is 3. The van der Waals surface area contributed by atoms with Crippen molar-refractivity contribution in [3.63, 3.8) is 0 Å². The van der Waals surface area contributed by atoms with Crippen molar-refractivity contribution in [3.05, 3.63) is 78.4 Å². The Hall–Kier alpha value is -2.75. The highest BCUT2D eigenvalue weighted by Crippen LogP contribution is 2.26. The molecule has 1 heterocycles. The van der Waals surface area contributed by atoms with Crippen LogP contribution in [0.15, 0.2) is 58.4 Å². The summed E-state index contributed by atoms with van der Waals surface area (Å²) in [5.41, 5.74) is -0.211. The Morgan fingerprint density at radius 2 is 1.79 bits per heavy atom. The maximum absolute atomic E-state index is 12.7. The third kappa shape index (κ3) is 4.81. The topological polar surface area (TPSA) is 100 Å². The van der Waals surface area contributed by atoms with Crippen molar-refractivity contribution in [2.45, 2.75) is 26.9 Å². The molecule has 0 bridgehead atoms. The third-order valence-electron chi connectivity index (χ3n) is 4.36. The molecule has 0 saturated carbocycles. The van der Waals surface area contributed by atoms with Crippen LogP contribution in [0.5, 0.6) is 0 Å². The van der Waals surface area contributed by atoms with Crippen LogP contribution < -0.4 is 26.8 Å². The van der Waals surface area contributed by atoms with Gasteiger partial charge in [-0.1, -0.05) is 26.8 Å². The molecular formula is C21H21IN4O3. The van der Waals surface area contributed by atoms with E-state index in [0.29, 0.717) is 11.3 Å². The van der Waals surface area contributed by atoms with E-state index in [4.69, 9.17) is 0 Å². The van der Waals surface area contributed by atoms with Gasteiger partial charge in [-0.05, 0) is 52.9 Å². The number of halogens is 1. The van der Waals surface area contributed by atoms with E-state index in [0.717, 1.165) is 3.57 Å². The predicted octanol–water partition coefficient (Wildman–Crippen LogP) is 3.24. The van der Waals surface area contributed by atoms with Gasteiger partial charge in [0.25, 0.3) is 16.8 Å². The Morgan fingerprint density at radius 1 is 1.07 bits per heavy atom. The lowest BCUT2D eigenvalue weighted by Gasteiger charge is -2.33. The van der Waals surface area contributed by atoms with E-state index in [1.165, 1.54) is 0 Å². The standard InChI is InChI=1S/C21H21IN4O3/c1-21(2,3)20(26-19(29)12-6-4-7-13(22)10-12)25-16-15(17(27)18(16)28)24-14-8-5-9-23-11-14/h4-11,20,24-25H,1-3H3,(H,26,29). The highest BCUT2D eigenvalue weighted by molar-refractivity contribution is 14.1. The van der Waals surface area contributed by atoms with E-state index < -0.39 is 22.4 Å². The van der Waals surface area contributed by atoms with Gasteiger partial charge >= 0.3 is 0 Å². The SMILES string of the molecule is CC(C)(C)C(NC(=O)c1cccc(I)c1)Nc1c(Nc2cccnc2)c(=O)c1=O. The van der Waals surface area contributed by atoms with E-state index in [1.54, 1.807) is 36.7 Å². The quantitative estimate of drug-likeness (QED) is 0.271. The Kier molecular flexibility index (Phi) is 6.02. The molecule has 0 radical (unpaired) electrons. The molecule has 8 heteroatoms. The summed E-state index contributed by atoms with van der Waals surface area (Å²) in [6.07, 6.45) is 2.59. The molecule has 29 heavy (non-hydrogen) atoms. The largest absolute Gasteiger partial charge is 0.360 e. The number of rotatable bonds is 6. The fourth-order valence-corrected chi connectivity index (χ4v) is 3.23. The number of pyridine rings is 1. The van der Waals surface area contributed by atoms with Crippen LogP contribution in [0.2, 0.25) is 0 Å². The molecule has 7 nitrogen and oxygen atoms in total. The highest BCUT2D eigenvalue weighted by Gasteiger charge is 2.31. The smallest absolute Gasteiger partial charge is 0.253 e. The van der Waals surface area contributed by atoms with E-state index in [-0.39, 0.29) is 17.3 Å². The molecule has 0 fully saturated rings. The minimum Gasteiger partial charge on any atom is -0.360 e. The number of benzene rings is 1. The summed E-state index contributed by atoms with van der Waals surface area (Å²) in [6, 6.07) is 10.7. The van der Waals surface area contributed by atoms with Crippen LogP contribution in [0.25, 0.3) is 0 Å². The summed E-state index contributed by atoms with van der Waals surface area (Å²) < 4.78 is 0.945. The van der Waals surface area contributed by atoms with E-state index in [1.807, 2.05) is 32.9 Å². The first-order valence-corrected chi connectivity index (χ1v) is 10.1. The molecular weight excluding hydrogens is 483 g/mol. The second kappa shape index (κ2) is 8.32. The Bertz CT molecular complexity index is 1100. The average molecular weight is 504 g/mol. The molecule has 1 amide bonds. The summed E-state index contributed by atoms with van der Waals surface area (Å²) in [5, 5.41) is 8.91. The molecule has 0 aliphatic carbocycles. The minimum atomic E-state index is -0.617. The first-order chi connectivity index (χ1) is 13.7. The number of aromatic nitrogens is 1. The zero-order valence-electron chi connectivity index (χ0n) is 16.2. The van der Waals surface area contributed by atoms with Crippen molar-refractivity contribution >= 4 is 45.6 Å². The summed E-state index contributed by atoms with van der Waals surface area (Å²) in [4.78, 5) is 41.0. The van der Waals surface area contributed by atoms with Crippen LogP contribution in [-0.2, 0) is 0 Å². The van der Waals surface area contributed by atoms with Gasteiger partial charge in [0.1, 0.15) is 17.5 Å². The molecule has 0 aliphatic heterocycles. The molecule has 1 atom stereocenters. The molecule has 2 aromatic carbocycles. The van der Waals surface area contributed by atoms with Gasteiger partial charge in [-0.3, -0.25) is 19.4 Å². The van der Waals surface area contributed by atoms with Gasteiger partial charge in [0.15, 0.2) is 0 Å². The van der Waals surface area contributed by atoms with Crippen LogP contribution in [0.3, 0.4) is 0 Å².